The lowest BCUT2D eigenvalue weighted by Gasteiger charge is -2.44. The van der Waals surface area contributed by atoms with E-state index in [1.54, 1.807) is 12.1 Å². The summed E-state index contributed by atoms with van der Waals surface area (Å²) < 4.78 is 20.1. The second-order valence-corrected chi connectivity index (χ2v) is 6.76. The van der Waals surface area contributed by atoms with Crippen LogP contribution in [0.5, 0.6) is 5.75 Å². The first-order chi connectivity index (χ1) is 11.7. The molecule has 124 valence electrons. The fourth-order valence-electron chi connectivity index (χ4n) is 3.71. The van der Waals surface area contributed by atoms with Crippen LogP contribution in [0.15, 0.2) is 48.5 Å². The minimum absolute atomic E-state index is 0.00717. The molecule has 0 radical (unpaired) electrons. The summed E-state index contributed by atoms with van der Waals surface area (Å²) in [6, 6.07) is 14.9. The lowest BCUT2D eigenvalue weighted by atomic mass is 9.82. The van der Waals surface area contributed by atoms with Crippen molar-refractivity contribution in [1.29, 1.82) is 0 Å². The molecule has 2 aliphatic heterocycles. The van der Waals surface area contributed by atoms with Crippen molar-refractivity contribution in [3.8, 4) is 5.75 Å². The van der Waals surface area contributed by atoms with E-state index < -0.39 is 11.4 Å². The maximum Gasteiger partial charge on any atom is 0.170 e. The lowest BCUT2D eigenvalue weighted by molar-refractivity contribution is -0.0133. The van der Waals surface area contributed by atoms with Gasteiger partial charge in [0, 0.05) is 32.5 Å². The topological polar surface area (TPSA) is 29.5 Å². The molecule has 3 nitrogen and oxygen atoms in total. The van der Waals surface area contributed by atoms with Gasteiger partial charge in [-0.2, -0.15) is 0 Å². The molecule has 0 aromatic heterocycles. The van der Waals surface area contributed by atoms with Crippen LogP contribution >= 0.6 is 0 Å². The Labute approximate surface area is 141 Å². The minimum atomic E-state index is -0.542. The van der Waals surface area contributed by atoms with E-state index in [4.69, 9.17) is 4.74 Å². The van der Waals surface area contributed by atoms with Gasteiger partial charge in [-0.3, -0.25) is 9.69 Å². The van der Waals surface area contributed by atoms with Crippen molar-refractivity contribution in [2.75, 3.05) is 13.1 Å². The second kappa shape index (κ2) is 6.02. The summed E-state index contributed by atoms with van der Waals surface area (Å²) in [6.07, 6.45) is 1.85. The van der Waals surface area contributed by atoms with Gasteiger partial charge in [0.2, 0.25) is 0 Å². The van der Waals surface area contributed by atoms with E-state index in [2.05, 4.69) is 17.0 Å². The highest BCUT2D eigenvalue weighted by molar-refractivity contribution is 6.00. The highest BCUT2D eigenvalue weighted by Gasteiger charge is 2.43. The highest BCUT2D eigenvalue weighted by Crippen LogP contribution is 2.40. The van der Waals surface area contributed by atoms with E-state index in [1.807, 2.05) is 18.2 Å². The number of rotatable bonds is 2. The quantitative estimate of drug-likeness (QED) is 0.840. The molecule has 2 aromatic rings. The van der Waals surface area contributed by atoms with Crippen molar-refractivity contribution in [2.45, 2.75) is 31.4 Å². The highest BCUT2D eigenvalue weighted by atomic mass is 19.1. The number of hydrogen-bond donors (Lipinski definition) is 0. The molecule has 24 heavy (non-hydrogen) atoms. The van der Waals surface area contributed by atoms with Crippen LogP contribution in [0.3, 0.4) is 0 Å². The fourth-order valence-corrected chi connectivity index (χ4v) is 3.71. The molecule has 2 aromatic carbocycles. The Morgan fingerprint density at radius 2 is 1.79 bits per heavy atom. The molecule has 2 heterocycles. The normalized spacial score (nSPS) is 19.8. The molecule has 2 aliphatic rings. The molecule has 0 aliphatic carbocycles. The van der Waals surface area contributed by atoms with Crippen LogP contribution in [0, 0.1) is 5.82 Å². The van der Waals surface area contributed by atoms with Gasteiger partial charge in [0.25, 0.3) is 0 Å². The van der Waals surface area contributed by atoms with Gasteiger partial charge < -0.3 is 4.74 Å². The minimum Gasteiger partial charge on any atom is -0.483 e. The van der Waals surface area contributed by atoms with E-state index in [9.17, 15) is 9.18 Å². The lowest BCUT2D eigenvalue weighted by Crippen LogP contribution is -2.50. The number of ether oxygens (including phenoxy) is 1. The van der Waals surface area contributed by atoms with E-state index in [0.717, 1.165) is 32.5 Å². The van der Waals surface area contributed by atoms with Gasteiger partial charge in [0.1, 0.15) is 5.60 Å². The molecule has 0 N–H and O–H groups in total. The number of fused-ring (bicyclic) bond motifs is 1. The van der Waals surface area contributed by atoms with Gasteiger partial charge in [0.05, 0.1) is 12.0 Å². The van der Waals surface area contributed by atoms with Gasteiger partial charge in [-0.15, -0.1) is 0 Å². The summed E-state index contributed by atoms with van der Waals surface area (Å²) in [6.45, 7) is 2.60. The molecule has 0 atom stereocenters. The molecule has 1 fully saturated rings. The standard InChI is InChI=1S/C20H20FNO2/c21-17-8-4-7-16-18(23)13-20(24-19(16)17)9-11-22(12-10-20)14-15-5-2-1-3-6-15/h1-8H,9-14H2. The molecule has 0 amide bonds. The Morgan fingerprint density at radius 3 is 2.54 bits per heavy atom. The zero-order valence-corrected chi connectivity index (χ0v) is 13.5. The van der Waals surface area contributed by atoms with E-state index in [0.29, 0.717) is 12.0 Å². The third kappa shape index (κ3) is 2.82. The summed E-state index contributed by atoms with van der Waals surface area (Å²) in [7, 11) is 0. The first-order valence-electron chi connectivity index (χ1n) is 8.42. The molecular weight excluding hydrogens is 305 g/mol. The van der Waals surface area contributed by atoms with Crippen molar-refractivity contribution in [3.05, 3.63) is 65.5 Å². The summed E-state index contributed by atoms with van der Waals surface area (Å²) in [5.74, 6) is -0.302. The SMILES string of the molecule is O=C1CC2(CCN(Cc3ccccc3)CC2)Oc2c(F)cccc21. The van der Waals surface area contributed by atoms with Crippen LogP contribution in [-0.2, 0) is 6.54 Å². The molecule has 1 spiro atoms. The number of carbonyl (C=O) groups excluding carboxylic acids is 1. The first kappa shape index (κ1) is 15.3. The molecular formula is C20H20FNO2. The largest absolute Gasteiger partial charge is 0.483 e. The number of nitrogens with zero attached hydrogens (tertiary/aromatic N) is 1. The summed E-state index contributed by atoms with van der Waals surface area (Å²) in [5, 5.41) is 0. The number of para-hydroxylation sites is 1. The number of halogens is 1. The van der Waals surface area contributed by atoms with Crippen molar-refractivity contribution < 1.29 is 13.9 Å². The second-order valence-electron chi connectivity index (χ2n) is 6.76. The van der Waals surface area contributed by atoms with Gasteiger partial charge >= 0.3 is 0 Å². The van der Waals surface area contributed by atoms with Crippen LogP contribution in [0.1, 0.15) is 35.2 Å². The maximum atomic E-state index is 14.1. The Balaban J connectivity index is 1.47. The van der Waals surface area contributed by atoms with Crippen molar-refractivity contribution in [2.24, 2.45) is 0 Å². The molecule has 0 saturated carbocycles. The number of Topliss-reactive ketones (excluding diaryl/α,β-unsaturated/α-hetero) is 1. The zero-order valence-electron chi connectivity index (χ0n) is 13.5. The van der Waals surface area contributed by atoms with Gasteiger partial charge in [0.15, 0.2) is 17.3 Å². The van der Waals surface area contributed by atoms with E-state index >= 15 is 0 Å². The molecule has 0 bridgehead atoms. The smallest absolute Gasteiger partial charge is 0.170 e. The van der Waals surface area contributed by atoms with Crippen LogP contribution < -0.4 is 4.74 Å². The average molecular weight is 325 g/mol. The number of likely N-dealkylation sites (tertiary alicyclic amines) is 1. The predicted octanol–water partition coefficient (Wildman–Crippen LogP) is 3.83. The average Bonchev–Trinajstić information content (AvgIpc) is 2.59. The Kier molecular flexibility index (Phi) is 3.85. The van der Waals surface area contributed by atoms with Gasteiger partial charge in [-0.25, -0.2) is 4.39 Å². The van der Waals surface area contributed by atoms with E-state index in [-0.39, 0.29) is 11.5 Å². The van der Waals surface area contributed by atoms with Crippen LogP contribution in [-0.4, -0.2) is 29.4 Å². The Morgan fingerprint density at radius 1 is 1.04 bits per heavy atom. The molecule has 4 rings (SSSR count). The molecule has 0 unspecified atom stereocenters. The van der Waals surface area contributed by atoms with Gasteiger partial charge in [-0.05, 0) is 17.7 Å². The van der Waals surface area contributed by atoms with Crippen molar-refractivity contribution in [1.82, 2.24) is 4.90 Å². The van der Waals surface area contributed by atoms with Crippen molar-refractivity contribution >= 4 is 5.78 Å². The third-order valence-electron chi connectivity index (χ3n) is 5.08. The molecule has 1 saturated heterocycles. The van der Waals surface area contributed by atoms with Crippen LogP contribution in [0.2, 0.25) is 0 Å². The maximum absolute atomic E-state index is 14.1. The number of ketones is 1. The number of hydrogen-bond acceptors (Lipinski definition) is 3. The van der Waals surface area contributed by atoms with Gasteiger partial charge in [-0.1, -0.05) is 36.4 Å². The summed E-state index contributed by atoms with van der Waals surface area (Å²) in [5.41, 5.74) is 1.12. The van der Waals surface area contributed by atoms with Crippen molar-refractivity contribution in [3.63, 3.8) is 0 Å². The first-order valence-corrected chi connectivity index (χ1v) is 8.42. The Hall–Kier alpha value is -2.20. The number of piperidine rings is 1. The van der Waals surface area contributed by atoms with Crippen LogP contribution in [0.25, 0.3) is 0 Å². The predicted molar refractivity (Wildman–Crippen MR) is 89.7 cm³/mol. The summed E-state index contributed by atoms with van der Waals surface area (Å²) >= 11 is 0. The van der Waals surface area contributed by atoms with E-state index in [1.165, 1.54) is 11.6 Å². The number of carbonyl (C=O) groups is 1. The fraction of sp³-hybridized carbons (Fsp3) is 0.350. The Bertz CT molecular complexity index is 751. The van der Waals surface area contributed by atoms with Crippen LogP contribution in [0.4, 0.5) is 4.39 Å². The zero-order chi connectivity index (χ0) is 16.6. The summed E-state index contributed by atoms with van der Waals surface area (Å²) in [4.78, 5) is 14.8. The third-order valence-corrected chi connectivity index (χ3v) is 5.08. The monoisotopic (exact) mass is 325 g/mol. The number of benzene rings is 2. The molecule has 4 heteroatoms.